The fourth-order valence-corrected chi connectivity index (χ4v) is 7.01. The number of ether oxygens (including phenoxy) is 1. The number of hydrogen-bond donors (Lipinski definition) is 1. The second kappa shape index (κ2) is 11.6. The number of rotatable bonds is 7. The number of nitrogens with one attached hydrogen (secondary N) is 1. The summed E-state index contributed by atoms with van der Waals surface area (Å²) in [5, 5.41) is 5.14. The first-order chi connectivity index (χ1) is 20.5. The summed E-state index contributed by atoms with van der Waals surface area (Å²) in [7, 11) is -1.65. The zero-order chi connectivity index (χ0) is 30.5. The van der Waals surface area contributed by atoms with Crippen molar-refractivity contribution in [1.82, 2.24) is 24.4 Å². The van der Waals surface area contributed by atoms with E-state index in [1.807, 2.05) is 26.2 Å². The largest absolute Gasteiger partial charge is 0.457 e. The molecule has 0 unspecified atom stereocenters. The van der Waals surface area contributed by atoms with E-state index in [0.717, 1.165) is 49.9 Å². The molecule has 6 rings (SSSR count). The van der Waals surface area contributed by atoms with Gasteiger partial charge in [0, 0.05) is 29.4 Å². The average Bonchev–Trinajstić information content (AvgIpc) is 3.55. The van der Waals surface area contributed by atoms with Crippen molar-refractivity contribution < 1.29 is 22.7 Å². The summed E-state index contributed by atoms with van der Waals surface area (Å²) in [5.74, 6) is 0.357. The quantitative estimate of drug-likeness (QED) is 0.392. The van der Waals surface area contributed by atoms with Crippen molar-refractivity contribution in [2.24, 2.45) is 0 Å². The molecule has 0 bridgehead atoms. The predicted molar refractivity (Wildman–Crippen MR) is 163 cm³/mol. The number of hydrogen-bond acceptors (Lipinski definition) is 9. The van der Waals surface area contributed by atoms with Crippen LogP contribution in [0.1, 0.15) is 59.8 Å². The smallest absolute Gasteiger partial charge is 0.323 e. The van der Waals surface area contributed by atoms with Crippen LogP contribution in [0.5, 0.6) is 0 Å². The number of halogens is 1. The lowest BCUT2D eigenvalue weighted by atomic mass is 9.98. The third-order valence-electron chi connectivity index (χ3n) is 8.46. The van der Waals surface area contributed by atoms with Gasteiger partial charge in [-0.2, -0.15) is 5.10 Å². The Bertz CT molecular complexity index is 1670. The Labute approximate surface area is 256 Å². The molecule has 3 fully saturated rings. The van der Waals surface area contributed by atoms with E-state index in [0.29, 0.717) is 42.4 Å². The summed E-state index contributed by atoms with van der Waals surface area (Å²) in [5.41, 5.74) is 2.69. The standard InChI is InChI=1S/C29H36ClN7O5S/c1-18-15-37-26(31-27(18)35-16-20(17-35)42-29(39)25-8-6-11-34(25)2)14-23(32-37)24-7-4-5-12-36(24)28(38)21-13-19(30)9-10-22(21)33-43(3,40)41/h9-10,13-15,20,24-25,33H,4-8,11-12,16-17H2,1-3H3/t24-,25-/m0/s1. The first kappa shape index (κ1) is 29.6. The lowest BCUT2D eigenvalue weighted by molar-refractivity contribution is -0.155. The number of carbonyl (C=O) groups excluding carboxylic acids is 2. The maximum Gasteiger partial charge on any atom is 0.323 e. The summed E-state index contributed by atoms with van der Waals surface area (Å²) < 4.78 is 33.9. The number of amides is 1. The van der Waals surface area contributed by atoms with Gasteiger partial charge in [-0.15, -0.1) is 0 Å². The number of likely N-dealkylation sites (N-methyl/N-ethyl adjacent to an activating group) is 1. The van der Waals surface area contributed by atoms with E-state index in [9.17, 15) is 18.0 Å². The molecule has 3 aliphatic rings. The Morgan fingerprint density at radius 1 is 1.09 bits per heavy atom. The molecule has 12 nitrogen and oxygen atoms in total. The van der Waals surface area contributed by atoms with Crippen LogP contribution in [0.25, 0.3) is 5.65 Å². The van der Waals surface area contributed by atoms with E-state index < -0.39 is 10.0 Å². The minimum atomic E-state index is -3.61. The molecule has 43 heavy (non-hydrogen) atoms. The summed E-state index contributed by atoms with van der Waals surface area (Å²) in [6, 6.07) is 5.99. The number of anilines is 2. The van der Waals surface area contributed by atoms with Crippen LogP contribution in [-0.2, 0) is 19.6 Å². The van der Waals surface area contributed by atoms with Crippen LogP contribution in [0.2, 0.25) is 5.02 Å². The zero-order valence-corrected chi connectivity index (χ0v) is 26.1. The number of aryl methyl sites for hydroxylation is 1. The number of sulfonamides is 1. The van der Waals surface area contributed by atoms with Gasteiger partial charge in [-0.25, -0.2) is 17.9 Å². The molecule has 0 radical (unpaired) electrons. The van der Waals surface area contributed by atoms with Crippen molar-refractivity contribution in [2.45, 2.75) is 57.2 Å². The number of benzene rings is 1. The topological polar surface area (TPSA) is 129 Å². The van der Waals surface area contributed by atoms with Gasteiger partial charge < -0.3 is 14.5 Å². The maximum atomic E-state index is 13.8. The van der Waals surface area contributed by atoms with Crippen molar-refractivity contribution in [1.29, 1.82) is 0 Å². The molecular weight excluding hydrogens is 594 g/mol. The molecule has 3 aromatic rings. The van der Waals surface area contributed by atoms with E-state index in [1.54, 1.807) is 15.5 Å². The molecule has 230 valence electrons. The lowest BCUT2D eigenvalue weighted by Gasteiger charge is -2.40. The summed E-state index contributed by atoms with van der Waals surface area (Å²) in [4.78, 5) is 37.2. The third-order valence-corrected chi connectivity index (χ3v) is 9.29. The Kier molecular flexibility index (Phi) is 7.99. The highest BCUT2D eigenvalue weighted by Gasteiger charge is 2.37. The van der Waals surface area contributed by atoms with Gasteiger partial charge in [-0.1, -0.05) is 11.6 Å². The number of likely N-dealkylation sites (tertiary alicyclic amines) is 2. The zero-order valence-electron chi connectivity index (χ0n) is 24.5. The van der Waals surface area contributed by atoms with Crippen LogP contribution in [-0.4, -0.2) is 96.3 Å². The number of fused-ring (bicyclic) bond motifs is 1. The van der Waals surface area contributed by atoms with E-state index in [-0.39, 0.29) is 41.3 Å². The number of nitrogens with zero attached hydrogens (tertiary/aromatic N) is 6. The average molecular weight is 630 g/mol. The number of esters is 1. The molecule has 2 atom stereocenters. The first-order valence-corrected chi connectivity index (χ1v) is 16.8. The highest BCUT2D eigenvalue weighted by molar-refractivity contribution is 7.92. The van der Waals surface area contributed by atoms with Gasteiger partial charge in [0.05, 0.1) is 42.3 Å². The molecule has 0 saturated carbocycles. The minimum Gasteiger partial charge on any atom is -0.457 e. The van der Waals surface area contributed by atoms with Crippen molar-refractivity contribution in [2.75, 3.05) is 49.1 Å². The van der Waals surface area contributed by atoms with Gasteiger partial charge in [0.15, 0.2) is 5.65 Å². The highest BCUT2D eigenvalue weighted by Crippen LogP contribution is 2.35. The van der Waals surface area contributed by atoms with Crippen molar-refractivity contribution in [3.8, 4) is 0 Å². The molecule has 3 saturated heterocycles. The van der Waals surface area contributed by atoms with Crippen LogP contribution in [0, 0.1) is 6.92 Å². The normalized spacial score (nSPS) is 21.7. The molecule has 0 spiro atoms. The molecular formula is C29H36ClN7O5S. The molecule has 1 amide bonds. The summed E-state index contributed by atoms with van der Waals surface area (Å²) in [6.45, 7) is 4.57. The van der Waals surface area contributed by atoms with Crippen LogP contribution >= 0.6 is 11.6 Å². The van der Waals surface area contributed by atoms with Crippen molar-refractivity contribution in [3.63, 3.8) is 0 Å². The number of aromatic nitrogens is 3. The van der Waals surface area contributed by atoms with Crippen molar-refractivity contribution >= 4 is 50.7 Å². The lowest BCUT2D eigenvalue weighted by Crippen LogP contribution is -2.55. The van der Waals surface area contributed by atoms with E-state index in [4.69, 9.17) is 26.4 Å². The monoisotopic (exact) mass is 629 g/mol. The van der Waals surface area contributed by atoms with Gasteiger partial charge in [-0.3, -0.25) is 19.2 Å². The van der Waals surface area contributed by atoms with E-state index >= 15 is 0 Å². The van der Waals surface area contributed by atoms with E-state index in [2.05, 4.69) is 14.5 Å². The molecule has 2 aromatic heterocycles. The van der Waals surface area contributed by atoms with Crippen LogP contribution < -0.4 is 9.62 Å². The van der Waals surface area contributed by atoms with Crippen LogP contribution in [0.3, 0.4) is 0 Å². The summed E-state index contributed by atoms with van der Waals surface area (Å²) >= 11 is 6.22. The predicted octanol–water partition coefficient (Wildman–Crippen LogP) is 3.26. The van der Waals surface area contributed by atoms with Gasteiger partial charge in [-0.05, 0) is 70.8 Å². The van der Waals surface area contributed by atoms with Gasteiger partial charge in [0.2, 0.25) is 10.0 Å². The Balaban J connectivity index is 1.20. The van der Waals surface area contributed by atoms with Crippen molar-refractivity contribution in [3.05, 3.63) is 52.3 Å². The van der Waals surface area contributed by atoms with Crippen LogP contribution in [0.15, 0.2) is 30.5 Å². The molecule has 1 N–H and O–H groups in total. The first-order valence-electron chi connectivity index (χ1n) is 14.6. The Hall–Kier alpha value is -3.42. The maximum absolute atomic E-state index is 13.8. The molecule has 5 heterocycles. The van der Waals surface area contributed by atoms with E-state index in [1.165, 1.54) is 12.1 Å². The van der Waals surface area contributed by atoms with Crippen LogP contribution in [0.4, 0.5) is 11.5 Å². The van der Waals surface area contributed by atoms with Gasteiger partial charge >= 0.3 is 5.97 Å². The molecule has 3 aliphatic heterocycles. The Morgan fingerprint density at radius 2 is 1.88 bits per heavy atom. The molecule has 0 aliphatic carbocycles. The summed E-state index contributed by atoms with van der Waals surface area (Å²) in [6.07, 6.45) is 7.13. The number of carbonyl (C=O) groups is 2. The fourth-order valence-electron chi connectivity index (χ4n) is 6.26. The minimum absolute atomic E-state index is 0.145. The second-order valence-corrected chi connectivity index (χ2v) is 14.0. The molecule has 1 aromatic carbocycles. The fraction of sp³-hybridized carbons (Fsp3) is 0.517. The second-order valence-electron chi connectivity index (χ2n) is 11.8. The Morgan fingerprint density at radius 3 is 2.60 bits per heavy atom. The number of piperidine rings is 1. The van der Waals surface area contributed by atoms with Gasteiger partial charge in [0.25, 0.3) is 5.91 Å². The molecule has 14 heteroatoms. The highest BCUT2D eigenvalue weighted by atomic mass is 35.5. The third kappa shape index (κ3) is 6.16. The van der Waals surface area contributed by atoms with Gasteiger partial charge in [0.1, 0.15) is 18.0 Å². The SMILES string of the molecule is Cc1cn2nc([C@@H]3CCCCN3C(=O)c3cc(Cl)ccc3NS(C)(=O)=O)cc2nc1N1CC(OC(=O)[C@@H]2CCCN2C)C1.